The van der Waals surface area contributed by atoms with Gasteiger partial charge >= 0.3 is 7.69 Å². The lowest BCUT2D eigenvalue weighted by molar-refractivity contribution is 0.251. The quantitative estimate of drug-likeness (QED) is 0.503. The summed E-state index contributed by atoms with van der Waals surface area (Å²) in [6.07, 6.45) is 0. The first kappa shape index (κ1) is 14.0. The molecule has 2 unspecified atom stereocenters. The number of alkyl halides is 1. The van der Waals surface area contributed by atoms with E-state index in [1.54, 1.807) is 23.1 Å². The minimum atomic E-state index is -0.565. The topological polar surface area (TPSA) is 29.5 Å². The van der Waals surface area contributed by atoms with Crippen LogP contribution in [0.25, 0.3) is 0 Å². The van der Waals surface area contributed by atoms with Crippen molar-refractivity contribution in [3.05, 3.63) is 53.4 Å². The fourth-order valence-electron chi connectivity index (χ4n) is 1.53. The number of hydrogen-bond donors (Lipinski definition) is 1. The third-order valence-corrected chi connectivity index (χ3v) is 5.25. The Morgan fingerprint density at radius 1 is 1.22 bits per heavy atom. The van der Waals surface area contributed by atoms with Gasteiger partial charge in [0, 0.05) is 0 Å². The predicted octanol–water partition coefficient (Wildman–Crippen LogP) is 3.42. The normalized spacial score (nSPS) is 14.1. The minimum absolute atomic E-state index is 0.0429. The van der Waals surface area contributed by atoms with Crippen molar-refractivity contribution in [1.82, 2.24) is 0 Å². The van der Waals surface area contributed by atoms with Crippen LogP contribution < -0.4 is 0 Å². The van der Waals surface area contributed by atoms with Crippen molar-refractivity contribution in [3.63, 3.8) is 0 Å². The van der Waals surface area contributed by atoms with Gasteiger partial charge in [-0.1, -0.05) is 48.0 Å². The molecule has 0 spiro atoms. The second-order valence-corrected chi connectivity index (χ2v) is 6.35. The first-order valence-corrected chi connectivity index (χ1v) is 7.62. The maximum absolute atomic E-state index is 8.85. The number of hydrogen-bond acceptors (Lipinski definition) is 4. The molecule has 0 saturated heterocycles. The molecule has 18 heavy (non-hydrogen) atoms. The van der Waals surface area contributed by atoms with Crippen molar-refractivity contribution in [2.45, 2.75) is 15.0 Å². The smallest absolute Gasteiger partial charge is 0.430 e. The second kappa shape index (κ2) is 7.21. The minimum Gasteiger partial charge on any atom is -0.430 e. The highest BCUT2D eigenvalue weighted by atomic mass is 35.5. The summed E-state index contributed by atoms with van der Waals surface area (Å²) in [6.45, 7) is 0. The molecule has 0 amide bonds. The lowest BCUT2D eigenvalue weighted by Gasteiger charge is -2.21. The molecular weight excluding hydrogens is 287 g/mol. The summed E-state index contributed by atoms with van der Waals surface area (Å²) in [6, 6.07) is 14.0. The highest BCUT2D eigenvalue weighted by Gasteiger charge is 2.23. The van der Waals surface area contributed by atoms with Gasteiger partial charge in [-0.15, -0.1) is 23.1 Å². The van der Waals surface area contributed by atoms with Crippen LogP contribution in [-0.2, 0) is 4.65 Å². The maximum Gasteiger partial charge on any atom is 0.436 e. The van der Waals surface area contributed by atoms with E-state index in [1.807, 2.05) is 47.8 Å². The van der Waals surface area contributed by atoms with Gasteiger partial charge in [-0.25, -0.2) is 0 Å². The average molecular weight is 299 g/mol. The number of thiophene rings is 1. The maximum atomic E-state index is 8.85. The van der Waals surface area contributed by atoms with E-state index in [0.717, 1.165) is 5.56 Å². The molecule has 0 aliphatic rings. The molecule has 0 saturated carbocycles. The zero-order chi connectivity index (χ0) is 12.8. The Kier molecular flexibility index (Phi) is 5.60. The first-order chi connectivity index (χ1) is 8.81. The molecule has 94 valence electrons. The summed E-state index contributed by atoms with van der Waals surface area (Å²) in [7, 11) is -0.373. The van der Waals surface area contributed by atoms with Crippen LogP contribution >= 0.6 is 34.7 Å². The van der Waals surface area contributed by atoms with E-state index in [1.165, 1.54) is 4.21 Å². The Labute approximate surface area is 120 Å². The lowest BCUT2D eigenvalue weighted by Crippen LogP contribution is -2.16. The van der Waals surface area contributed by atoms with Crippen molar-refractivity contribution in [1.29, 1.82) is 0 Å². The second-order valence-electron chi connectivity index (χ2n) is 3.53. The Bertz CT molecular complexity index is 452. The summed E-state index contributed by atoms with van der Waals surface area (Å²) in [5, 5.41) is 10.8. The standard InChI is InChI=1S/C12H12BClO2S2/c14-12(16-13-15)11(9-5-2-1-3-6-9)18-10-7-4-8-17-10/h1-8,11-13,15H. The third-order valence-electron chi connectivity index (χ3n) is 2.34. The van der Waals surface area contributed by atoms with Gasteiger partial charge < -0.3 is 9.68 Å². The molecular formula is C12H12BClO2S2. The molecule has 0 bridgehead atoms. The molecule has 0 aliphatic carbocycles. The Morgan fingerprint density at radius 3 is 2.61 bits per heavy atom. The molecule has 2 nitrogen and oxygen atoms in total. The van der Waals surface area contributed by atoms with Crippen molar-refractivity contribution in [3.8, 4) is 0 Å². The fourth-order valence-corrected chi connectivity index (χ4v) is 3.92. The number of benzene rings is 1. The van der Waals surface area contributed by atoms with Crippen LogP contribution in [0.2, 0.25) is 0 Å². The zero-order valence-corrected chi connectivity index (χ0v) is 11.9. The number of rotatable bonds is 6. The largest absolute Gasteiger partial charge is 0.436 e. The summed E-state index contributed by atoms with van der Waals surface area (Å²) < 4.78 is 6.29. The Morgan fingerprint density at radius 2 is 2.00 bits per heavy atom. The number of halogens is 1. The molecule has 2 rings (SSSR count). The van der Waals surface area contributed by atoms with Crippen LogP contribution in [0.3, 0.4) is 0 Å². The van der Waals surface area contributed by atoms with E-state index in [-0.39, 0.29) is 12.9 Å². The van der Waals surface area contributed by atoms with Gasteiger partial charge in [0.05, 0.1) is 9.46 Å². The summed E-state index contributed by atoms with van der Waals surface area (Å²) in [5.41, 5.74) is 0.522. The molecule has 1 aromatic heterocycles. The van der Waals surface area contributed by atoms with Crippen molar-refractivity contribution in [2.24, 2.45) is 0 Å². The van der Waals surface area contributed by atoms with E-state index >= 15 is 0 Å². The van der Waals surface area contributed by atoms with E-state index in [2.05, 4.69) is 0 Å². The highest BCUT2D eigenvalue weighted by Crippen LogP contribution is 2.41. The molecule has 1 heterocycles. The van der Waals surface area contributed by atoms with Gasteiger partial charge in [-0.2, -0.15) is 0 Å². The SMILES string of the molecule is OBOC(Cl)C(Sc1cccs1)c1ccccc1. The molecule has 1 aromatic carbocycles. The molecule has 6 heteroatoms. The molecule has 2 aromatic rings. The zero-order valence-electron chi connectivity index (χ0n) is 9.53. The van der Waals surface area contributed by atoms with Crippen LogP contribution in [0.15, 0.2) is 52.1 Å². The van der Waals surface area contributed by atoms with Crippen molar-refractivity contribution < 1.29 is 9.68 Å². The summed E-state index contributed by atoms with van der Waals surface area (Å²) in [5.74, 6) is 0. The van der Waals surface area contributed by atoms with Crippen LogP contribution in [0.4, 0.5) is 0 Å². The molecule has 0 fully saturated rings. The molecule has 0 radical (unpaired) electrons. The van der Waals surface area contributed by atoms with Crippen molar-refractivity contribution in [2.75, 3.05) is 0 Å². The van der Waals surface area contributed by atoms with Gasteiger partial charge in [0.25, 0.3) is 0 Å². The average Bonchev–Trinajstić information content (AvgIpc) is 2.90. The van der Waals surface area contributed by atoms with E-state index in [9.17, 15) is 0 Å². The van der Waals surface area contributed by atoms with Gasteiger partial charge in [-0.05, 0) is 17.0 Å². The van der Waals surface area contributed by atoms with Crippen LogP contribution in [0.5, 0.6) is 0 Å². The molecule has 2 atom stereocenters. The predicted molar refractivity (Wildman–Crippen MR) is 79.5 cm³/mol. The molecule has 0 aliphatic heterocycles. The van der Waals surface area contributed by atoms with Gasteiger partial charge in [0.15, 0.2) is 0 Å². The molecule has 1 N–H and O–H groups in total. The van der Waals surface area contributed by atoms with E-state index < -0.39 is 5.56 Å². The van der Waals surface area contributed by atoms with Crippen LogP contribution in [0.1, 0.15) is 10.8 Å². The summed E-state index contributed by atoms with van der Waals surface area (Å²) >= 11 is 9.51. The first-order valence-electron chi connectivity index (χ1n) is 5.43. The van der Waals surface area contributed by atoms with Gasteiger partial charge in [-0.3, -0.25) is 0 Å². The van der Waals surface area contributed by atoms with Gasteiger partial charge in [0.1, 0.15) is 5.56 Å². The van der Waals surface area contributed by atoms with Crippen LogP contribution in [-0.4, -0.2) is 18.3 Å². The summed E-state index contributed by atoms with van der Waals surface area (Å²) in [4.78, 5) is 0. The third kappa shape index (κ3) is 3.77. The fraction of sp³-hybridized carbons (Fsp3) is 0.167. The van der Waals surface area contributed by atoms with Crippen molar-refractivity contribution >= 4 is 42.4 Å². The monoisotopic (exact) mass is 298 g/mol. The van der Waals surface area contributed by atoms with E-state index in [0.29, 0.717) is 0 Å². The Hall–Kier alpha value is -0.455. The lowest BCUT2D eigenvalue weighted by atomic mass is 10.1. The van der Waals surface area contributed by atoms with E-state index in [4.69, 9.17) is 21.3 Å². The number of thioether (sulfide) groups is 1. The Balaban J connectivity index is 2.17. The highest BCUT2D eigenvalue weighted by molar-refractivity contribution is 8.01. The van der Waals surface area contributed by atoms with Crippen LogP contribution in [0, 0.1) is 0 Å². The van der Waals surface area contributed by atoms with Gasteiger partial charge in [0.2, 0.25) is 0 Å².